The van der Waals surface area contributed by atoms with Gasteiger partial charge >= 0.3 is 0 Å². The van der Waals surface area contributed by atoms with Gasteiger partial charge in [-0.25, -0.2) is 0 Å². The topological polar surface area (TPSA) is 29.1 Å². The second-order valence-corrected chi connectivity index (χ2v) is 7.18. The van der Waals surface area contributed by atoms with Crippen LogP contribution in [-0.2, 0) is 11.3 Å². The maximum absolute atomic E-state index is 12.8. The van der Waals surface area contributed by atoms with Crippen molar-refractivity contribution in [3.63, 3.8) is 0 Å². The van der Waals surface area contributed by atoms with Gasteiger partial charge in [0.15, 0.2) is 0 Å². The lowest BCUT2D eigenvalue weighted by molar-refractivity contribution is -0.120. The fourth-order valence-electron chi connectivity index (χ4n) is 2.42. The molecule has 1 amide bonds. The number of nitrogens with one attached hydrogen (secondary N) is 1. The molecule has 2 nitrogen and oxygen atoms in total. The van der Waals surface area contributed by atoms with Crippen LogP contribution >= 0.6 is 23.4 Å². The van der Waals surface area contributed by atoms with Crippen LogP contribution in [0.5, 0.6) is 0 Å². The van der Waals surface area contributed by atoms with E-state index in [2.05, 4.69) is 5.32 Å². The highest BCUT2D eigenvalue weighted by atomic mass is 35.5. The van der Waals surface area contributed by atoms with E-state index >= 15 is 0 Å². The average Bonchev–Trinajstić information content (AvgIpc) is 2.67. The van der Waals surface area contributed by atoms with Crippen molar-refractivity contribution >= 4 is 29.3 Å². The summed E-state index contributed by atoms with van der Waals surface area (Å²) in [5.41, 5.74) is 2.01. The number of amides is 1. The highest BCUT2D eigenvalue weighted by Crippen LogP contribution is 2.35. The number of thioether (sulfide) groups is 1. The summed E-state index contributed by atoms with van der Waals surface area (Å²) in [5, 5.41) is 3.43. The molecule has 25 heavy (non-hydrogen) atoms. The molecule has 0 saturated heterocycles. The second kappa shape index (κ2) is 8.75. The number of carbonyl (C=O) groups is 1. The Kier molecular flexibility index (Phi) is 6.15. The Morgan fingerprint density at radius 2 is 1.48 bits per heavy atom. The van der Waals surface area contributed by atoms with Gasteiger partial charge < -0.3 is 5.32 Å². The van der Waals surface area contributed by atoms with Crippen LogP contribution in [0.15, 0.2) is 89.8 Å². The first-order valence-electron chi connectivity index (χ1n) is 8.01. The molecule has 0 heterocycles. The number of rotatable bonds is 6. The third kappa shape index (κ3) is 5.12. The molecule has 126 valence electrons. The van der Waals surface area contributed by atoms with E-state index in [1.54, 1.807) is 11.8 Å². The fourth-order valence-corrected chi connectivity index (χ4v) is 3.62. The summed E-state index contributed by atoms with van der Waals surface area (Å²) in [6, 6.07) is 27.3. The molecule has 0 spiro atoms. The minimum Gasteiger partial charge on any atom is -0.351 e. The van der Waals surface area contributed by atoms with E-state index in [0.29, 0.717) is 11.6 Å². The van der Waals surface area contributed by atoms with Gasteiger partial charge in [0.05, 0.1) is 0 Å². The number of halogens is 1. The number of hydrogen-bond donors (Lipinski definition) is 1. The zero-order chi connectivity index (χ0) is 17.5. The number of benzene rings is 3. The molecular weight excluding hydrogens is 350 g/mol. The van der Waals surface area contributed by atoms with Crippen LogP contribution in [0.3, 0.4) is 0 Å². The molecule has 0 aliphatic carbocycles. The molecule has 0 fully saturated rings. The van der Waals surface area contributed by atoms with E-state index < -0.39 is 0 Å². The fraction of sp³-hybridized carbons (Fsp3) is 0.0952. The molecule has 3 aromatic carbocycles. The van der Waals surface area contributed by atoms with Crippen molar-refractivity contribution in [1.29, 1.82) is 0 Å². The van der Waals surface area contributed by atoms with Crippen molar-refractivity contribution in [2.45, 2.75) is 16.7 Å². The van der Waals surface area contributed by atoms with Crippen molar-refractivity contribution in [3.05, 3.63) is 101 Å². The average molecular weight is 368 g/mol. The summed E-state index contributed by atoms with van der Waals surface area (Å²) in [7, 11) is 0. The van der Waals surface area contributed by atoms with Crippen LogP contribution in [0.4, 0.5) is 0 Å². The third-order valence-electron chi connectivity index (χ3n) is 3.72. The SMILES string of the molecule is O=C(NCc1ccc(Cl)cc1)C(Sc1ccccc1)c1ccccc1. The highest BCUT2D eigenvalue weighted by Gasteiger charge is 2.21. The monoisotopic (exact) mass is 367 g/mol. The van der Waals surface area contributed by atoms with Gasteiger partial charge in [0.25, 0.3) is 0 Å². The molecule has 0 aliphatic rings. The molecule has 0 aliphatic heterocycles. The van der Waals surface area contributed by atoms with Crippen LogP contribution < -0.4 is 5.32 Å². The molecule has 0 saturated carbocycles. The molecule has 1 atom stereocenters. The Bertz CT molecular complexity index is 806. The van der Waals surface area contributed by atoms with Crippen molar-refractivity contribution in [2.24, 2.45) is 0 Å². The van der Waals surface area contributed by atoms with Crippen LogP contribution in [0.2, 0.25) is 5.02 Å². The zero-order valence-electron chi connectivity index (χ0n) is 13.6. The van der Waals surface area contributed by atoms with E-state index in [-0.39, 0.29) is 11.2 Å². The molecule has 0 aromatic heterocycles. The normalized spacial score (nSPS) is 11.7. The van der Waals surface area contributed by atoms with Gasteiger partial charge in [0, 0.05) is 16.5 Å². The largest absolute Gasteiger partial charge is 0.351 e. The highest BCUT2D eigenvalue weighted by molar-refractivity contribution is 8.00. The lowest BCUT2D eigenvalue weighted by atomic mass is 10.1. The van der Waals surface area contributed by atoms with Gasteiger partial charge in [0.1, 0.15) is 5.25 Å². The second-order valence-electron chi connectivity index (χ2n) is 5.57. The maximum Gasteiger partial charge on any atom is 0.238 e. The first-order chi connectivity index (χ1) is 12.2. The van der Waals surface area contributed by atoms with Gasteiger partial charge in [-0.05, 0) is 35.4 Å². The van der Waals surface area contributed by atoms with E-state index in [1.165, 1.54) is 0 Å². The Hall–Kier alpha value is -2.23. The van der Waals surface area contributed by atoms with Crippen molar-refractivity contribution in [2.75, 3.05) is 0 Å². The molecule has 0 bridgehead atoms. The molecule has 3 rings (SSSR count). The summed E-state index contributed by atoms with van der Waals surface area (Å²) < 4.78 is 0. The Balaban J connectivity index is 1.74. The van der Waals surface area contributed by atoms with Crippen LogP contribution in [-0.4, -0.2) is 5.91 Å². The summed E-state index contributed by atoms with van der Waals surface area (Å²) in [5.74, 6) is -0.00463. The number of carbonyl (C=O) groups excluding carboxylic acids is 1. The van der Waals surface area contributed by atoms with Crippen LogP contribution in [0.25, 0.3) is 0 Å². The van der Waals surface area contributed by atoms with Gasteiger partial charge in [-0.2, -0.15) is 0 Å². The van der Waals surface area contributed by atoms with Gasteiger partial charge in [0.2, 0.25) is 5.91 Å². The standard InChI is InChI=1S/C21H18ClNOS/c22-18-13-11-16(12-14-18)15-23-21(24)20(17-7-3-1-4-8-17)25-19-9-5-2-6-10-19/h1-14,20H,15H2,(H,23,24). The lowest BCUT2D eigenvalue weighted by Crippen LogP contribution is -2.27. The smallest absolute Gasteiger partial charge is 0.238 e. The maximum atomic E-state index is 12.8. The minimum absolute atomic E-state index is 0.00463. The summed E-state index contributed by atoms with van der Waals surface area (Å²) in [6.45, 7) is 0.481. The van der Waals surface area contributed by atoms with Crippen molar-refractivity contribution in [3.8, 4) is 0 Å². The van der Waals surface area contributed by atoms with Crippen molar-refractivity contribution < 1.29 is 4.79 Å². The van der Waals surface area contributed by atoms with Crippen molar-refractivity contribution in [1.82, 2.24) is 5.32 Å². The molecule has 3 aromatic rings. The minimum atomic E-state index is -0.295. The first-order valence-corrected chi connectivity index (χ1v) is 9.27. The Labute approximate surface area is 157 Å². The predicted octanol–water partition coefficient (Wildman–Crippen LogP) is 5.49. The van der Waals surface area contributed by atoms with Gasteiger partial charge in [-0.3, -0.25) is 4.79 Å². The van der Waals surface area contributed by atoms with E-state index in [0.717, 1.165) is 16.0 Å². The van der Waals surface area contributed by atoms with Crippen LogP contribution in [0.1, 0.15) is 16.4 Å². The van der Waals surface area contributed by atoms with E-state index in [1.807, 2.05) is 84.9 Å². The Morgan fingerprint density at radius 3 is 2.12 bits per heavy atom. The molecule has 0 radical (unpaired) electrons. The van der Waals surface area contributed by atoms with Crippen LogP contribution in [0, 0.1) is 0 Å². The molecular formula is C21H18ClNOS. The lowest BCUT2D eigenvalue weighted by Gasteiger charge is -2.17. The predicted molar refractivity (Wildman–Crippen MR) is 105 cm³/mol. The van der Waals surface area contributed by atoms with E-state index in [4.69, 9.17) is 11.6 Å². The third-order valence-corrected chi connectivity index (χ3v) is 5.24. The summed E-state index contributed by atoms with van der Waals surface area (Å²) >= 11 is 7.46. The quantitative estimate of drug-likeness (QED) is 0.583. The molecule has 4 heteroatoms. The van der Waals surface area contributed by atoms with E-state index in [9.17, 15) is 4.79 Å². The van der Waals surface area contributed by atoms with Gasteiger partial charge in [-0.15, -0.1) is 11.8 Å². The summed E-state index contributed by atoms with van der Waals surface area (Å²) in [4.78, 5) is 13.9. The summed E-state index contributed by atoms with van der Waals surface area (Å²) in [6.07, 6.45) is 0. The van der Waals surface area contributed by atoms with Gasteiger partial charge in [-0.1, -0.05) is 72.3 Å². The number of hydrogen-bond acceptors (Lipinski definition) is 2. The Morgan fingerprint density at radius 1 is 0.880 bits per heavy atom. The molecule has 1 N–H and O–H groups in total. The zero-order valence-corrected chi connectivity index (χ0v) is 15.1. The molecule has 1 unspecified atom stereocenters. The first kappa shape index (κ1) is 17.6.